The van der Waals surface area contributed by atoms with E-state index < -0.39 is 7.12 Å². The molecule has 0 aliphatic carbocycles. The number of thiol groups is 1. The molecule has 2 aromatic rings. The van der Waals surface area contributed by atoms with Gasteiger partial charge in [0.1, 0.15) is 5.52 Å². The van der Waals surface area contributed by atoms with Gasteiger partial charge in [-0.25, -0.2) is 4.98 Å². The van der Waals surface area contributed by atoms with E-state index >= 15 is 0 Å². The first kappa shape index (κ1) is 8.62. The van der Waals surface area contributed by atoms with Gasteiger partial charge >= 0.3 is 7.12 Å². The first-order valence-corrected chi connectivity index (χ1v) is 4.15. The average molecular weight is 194 g/mol. The molecule has 0 amide bonds. The number of fused-ring (bicyclic) bond motifs is 1. The molecular weight excluding hydrogens is 187 g/mol. The van der Waals surface area contributed by atoms with Gasteiger partial charge in [0.15, 0.2) is 0 Å². The molecule has 0 unspecified atom stereocenters. The monoisotopic (exact) mass is 194 g/mol. The Morgan fingerprint density at radius 2 is 2.15 bits per heavy atom. The number of H-pyrrole nitrogens is 1. The average Bonchev–Trinajstić information content (AvgIpc) is 2.51. The lowest BCUT2D eigenvalue weighted by Gasteiger charge is -2.00. The van der Waals surface area contributed by atoms with E-state index in [1.807, 2.05) is 0 Å². The predicted octanol–water partition coefficient (Wildman–Crippen LogP) is -0.469. The van der Waals surface area contributed by atoms with Crippen LogP contribution in [0.25, 0.3) is 11.0 Å². The largest absolute Gasteiger partial charge is 0.488 e. The van der Waals surface area contributed by atoms with Crippen LogP contribution in [-0.2, 0) is 0 Å². The maximum absolute atomic E-state index is 8.93. The molecule has 0 atom stereocenters. The molecule has 0 bridgehead atoms. The zero-order valence-corrected chi connectivity index (χ0v) is 7.49. The standard InChI is InChI=1S/C7H7BN2O2S/c11-8(12)4-1-5-7(6(13)2-4)10-3-9-5/h1-3,11-13H,(H,9,10). The lowest BCUT2D eigenvalue weighted by atomic mass is 9.80. The molecule has 66 valence electrons. The van der Waals surface area contributed by atoms with Crippen molar-refractivity contribution in [2.24, 2.45) is 0 Å². The number of nitrogens with zero attached hydrogens (tertiary/aromatic N) is 1. The summed E-state index contributed by atoms with van der Waals surface area (Å²) in [7, 11) is -1.47. The Hall–Kier alpha value is -0.975. The van der Waals surface area contributed by atoms with Crippen LogP contribution in [0.5, 0.6) is 0 Å². The number of benzene rings is 1. The Labute approximate surface area is 80.2 Å². The van der Waals surface area contributed by atoms with E-state index in [1.54, 1.807) is 12.1 Å². The number of aromatic nitrogens is 2. The van der Waals surface area contributed by atoms with Crippen molar-refractivity contribution in [3.05, 3.63) is 18.5 Å². The molecule has 6 heteroatoms. The minimum atomic E-state index is -1.47. The highest BCUT2D eigenvalue weighted by Crippen LogP contribution is 2.16. The number of imidazole rings is 1. The van der Waals surface area contributed by atoms with Gasteiger partial charge in [-0.05, 0) is 17.6 Å². The van der Waals surface area contributed by atoms with Crippen LogP contribution in [0.3, 0.4) is 0 Å². The van der Waals surface area contributed by atoms with E-state index in [0.717, 1.165) is 11.0 Å². The summed E-state index contributed by atoms with van der Waals surface area (Å²) in [5.41, 5.74) is 1.88. The Morgan fingerprint density at radius 3 is 2.85 bits per heavy atom. The number of nitrogens with one attached hydrogen (secondary N) is 1. The van der Waals surface area contributed by atoms with Crippen molar-refractivity contribution in [3.63, 3.8) is 0 Å². The number of rotatable bonds is 1. The fourth-order valence-electron chi connectivity index (χ4n) is 1.20. The SMILES string of the molecule is OB(O)c1cc(S)c2nc[nH]c2c1. The Kier molecular flexibility index (Phi) is 2.03. The molecule has 0 saturated heterocycles. The van der Waals surface area contributed by atoms with Crippen molar-refractivity contribution in [2.75, 3.05) is 0 Å². The van der Waals surface area contributed by atoms with Crippen LogP contribution in [0.1, 0.15) is 0 Å². The Bertz CT molecular complexity index is 443. The molecule has 0 aliphatic rings. The normalized spacial score (nSPS) is 10.7. The highest BCUT2D eigenvalue weighted by Gasteiger charge is 2.13. The van der Waals surface area contributed by atoms with E-state index in [4.69, 9.17) is 10.0 Å². The summed E-state index contributed by atoms with van der Waals surface area (Å²) in [6.07, 6.45) is 1.54. The molecule has 0 aliphatic heterocycles. The topological polar surface area (TPSA) is 69.1 Å². The molecule has 0 spiro atoms. The summed E-state index contributed by atoms with van der Waals surface area (Å²) in [5, 5.41) is 17.9. The second-order valence-corrected chi connectivity index (χ2v) is 3.19. The summed E-state index contributed by atoms with van der Waals surface area (Å²) in [5.74, 6) is 0. The second kappa shape index (κ2) is 3.06. The van der Waals surface area contributed by atoms with Gasteiger partial charge in [-0.3, -0.25) is 0 Å². The maximum Gasteiger partial charge on any atom is 0.488 e. The van der Waals surface area contributed by atoms with Crippen LogP contribution in [-0.4, -0.2) is 27.1 Å². The van der Waals surface area contributed by atoms with Gasteiger partial charge < -0.3 is 15.0 Å². The molecule has 0 saturated carbocycles. The summed E-state index contributed by atoms with van der Waals surface area (Å²) in [6.45, 7) is 0. The van der Waals surface area contributed by atoms with E-state index in [1.165, 1.54) is 6.33 Å². The van der Waals surface area contributed by atoms with Gasteiger partial charge in [0.05, 0.1) is 11.8 Å². The van der Waals surface area contributed by atoms with Gasteiger partial charge in [-0.15, -0.1) is 12.6 Å². The molecule has 2 rings (SSSR count). The van der Waals surface area contributed by atoms with E-state index in [0.29, 0.717) is 10.4 Å². The second-order valence-electron chi connectivity index (χ2n) is 2.71. The lowest BCUT2D eigenvalue weighted by molar-refractivity contribution is 0.425. The molecule has 0 radical (unpaired) electrons. The maximum atomic E-state index is 8.93. The molecular formula is C7H7BN2O2S. The molecule has 1 aromatic carbocycles. The highest BCUT2D eigenvalue weighted by molar-refractivity contribution is 7.80. The Balaban J connectivity index is 2.70. The van der Waals surface area contributed by atoms with E-state index in [2.05, 4.69) is 22.6 Å². The van der Waals surface area contributed by atoms with Crippen LogP contribution in [0, 0.1) is 0 Å². The fourth-order valence-corrected chi connectivity index (χ4v) is 1.53. The Morgan fingerprint density at radius 1 is 1.38 bits per heavy atom. The predicted molar refractivity (Wildman–Crippen MR) is 53.2 cm³/mol. The molecule has 13 heavy (non-hydrogen) atoms. The highest BCUT2D eigenvalue weighted by atomic mass is 32.1. The molecule has 3 N–H and O–H groups in total. The van der Waals surface area contributed by atoms with Crippen molar-refractivity contribution in [1.29, 1.82) is 0 Å². The van der Waals surface area contributed by atoms with Crippen LogP contribution in [0.4, 0.5) is 0 Å². The minimum absolute atomic E-state index is 0.404. The van der Waals surface area contributed by atoms with Crippen LogP contribution in [0.15, 0.2) is 23.4 Å². The van der Waals surface area contributed by atoms with Crippen LogP contribution < -0.4 is 5.46 Å². The molecule has 4 nitrogen and oxygen atoms in total. The fraction of sp³-hybridized carbons (Fsp3) is 0. The third kappa shape index (κ3) is 1.43. The third-order valence-electron chi connectivity index (χ3n) is 1.82. The number of hydrogen-bond acceptors (Lipinski definition) is 4. The summed E-state index contributed by atoms with van der Waals surface area (Å²) in [6, 6.07) is 3.21. The van der Waals surface area contributed by atoms with E-state index in [-0.39, 0.29) is 0 Å². The summed E-state index contributed by atoms with van der Waals surface area (Å²) >= 11 is 4.18. The number of aromatic amines is 1. The molecule has 0 fully saturated rings. The quantitative estimate of drug-likeness (QED) is 0.366. The first-order chi connectivity index (χ1) is 6.18. The van der Waals surface area contributed by atoms with Crippen molar-refractivity contribution in [3.8, 4) is 0 Å². The summed E-state index contributed by atoms with van der Waals surface area (Å²) in [4.78, 5) is 7.52. The minimum Gasteiger partial charge on any atom is -0.423 e. The van der Waals surface area contributed by atoms with Crippen molar-refractivity contribution in [2.45, 2.75) is 4.90 Å². The zero-order valence-electron chi connectivity index (χ0n) is 6.60. The van der Waals surface area contributed by atoms with Crippen LogP contribution in [0.2, 0.25) is 0 Å². The van der Waals surface area contributed by atoms with Crippen molar-refractivity contribution >= 4 is 36.2 Å². The van der Waals surface area contributed by atoms with Crippen molar-refractivity contribution < 1.29 is 10.0 Å². The van der Waals surface area contributed by atoms with Crippen LogP contribution >= 0.6 is 12.6 Å². The summed E-state index contributed by atoms with van der Waals surface area (Å²) < 4.78 is 0. The van der Waals surface area contributed by atoms with E-state index in [9.17, 15) is 0 Å². The van der Waals surface area contributed by atoms with Gasteiger partial charge in [0.25, 0.3) is 0 Å². The van der Waals surface area contributed by atoms with Gasteiger partial charge in [-0.1, -0.05) is 0 Å². The molecule has 1 aromatic heterocycles. The van der Waals surface area contributed by atoms with Gasteiger partial charge in [-0.2, -0.15) is 0 Å². The van der Waals surface area contributed by atoms with Gasteiger partial charge in [0.2, 0.25) is 0 Å². The first-order valence-electron chi connectivity index (χ1n) is 3.70. The van der Waals surface area contributed by atoms with Gasteiger partial charge in [0, 0.05) is 4.90 Å². The third-order valence-corrected chi connectivity index (χ3v) is 2.16. The zero-order chi connectivity index (χ0) is 9.42. The lowest BCUT2D eigenvalue weighted by Crippen LogP contribution is -2.29. The number of hydrogen-bond donors (Lipinski definition) is 4. The van der Waals surface area contributed by atoms with Crippen molar-refractivity contribution in [1.82, 2.24) is 9.97 Å². The molecule has 1 heterocycles. The smallest absolute Gasteiger partial charge is 0.423 e.